The smallest absolute Gasteiger partial charge is 0.222 e. The molecule has 4 rings (SSSR count). The lowest BCUT2D eigenvalue weighted by atomic mass is 9.91. The summed E-state index contributed by atoms with van der Waals surface area (Å²) in [4.78, 5) is 24.2. The van der Waals surface area contributed by atoms with E-state index in [0.29, 0.717) is 13.0 Å². The van der Waals surface area contributed by atoms with E-state index < -0.39 is 0 Å². The van der Waals surface area contributed by atoms with Crippen molar-refractivity contribution in [3.05, 3.63) is 78.2 Å². The molecule has 1 aliphatic rings. The molecule has 0 N–H and O–H groups in total. The second-order valence-corrected chi connectivity index (χ2v) is 7.65. The molecular weight excluding hydrogens is 374 g/mol. The van der Waals surface area contributed by atoms with Gasteiger partial charge in [0.25, 0.3) is 0 Å². The molecule has 2 aromatic carbocycles. The molecule has 1 atom stereocenters. The first kappa shape index (κ1) is 20.1. The summed E-state index contributed by atoms with van der Waals surface area (Å²) in [5, 5.41) is 0. The van der Waals surface area contributed by atoms with Crippen molar-refractivity contribution in [2.75, 3.05) is 20.2 Å². The number of aromatic nitrogens is 2. The molecule has 154 valence electrons. The van der Waals surface area contributed by atoms with Gasteiger partial charge in [0.15, 0.2) is 0 Å². The molecule has 0 radical (unpaired) electrons. The Morgan fingerprint density at radius 3 is 2.67 bits per heavy atom. The van der Waals surface area contributed by atoms with Gasteiger partial charge in [-0.2, -0.15) is 0 Å². The van der Waals surface area contributed by atoms with Crippen molar-refractivity contribution < 1.29 is 9.53 Å². The minimum Gasteiger partial charge on any atom is -0.496 e. The van der Waals surface area contributed by atoms with Crippen LogP contribution in [0.3, 0.4) is 0 Å². The highest BCUT2D eigenvalue weighted by molar-refractivity contribution is 5.77. The van der Waals surface area contributed by atoms with Crippen LogP contribution >= 0.6 is 0 Å². The topological polar surface area (TPSA) is 55.3 Å². The Hall–Kier alpha value is -3.21. The third-order valence-electron chi connectivity index (χ3n) is 5.72. The van der Waals surface area contributed by atoms with Crippen LogP contribution in [0.4, 0.5) is 0 Å². The van der Waals surface area contributed by atoms with Crippen LogP contribution in [0.1, 0.15) is 36.4 Å². The fourth-order valence-electron chi connectivity index (χ4n) is 4.18. The number of para-hydroxylation sites is 1. The average Bonchev–Trinajstić information content (AvgIpc) is 2.83. The van der Waals surface area contributed by atoms with Crippen molar-refractivity contribution in [3.8, 4) is 17.0 Å². The third-order valence-corrected chi connectivity index (χ3v) is 5.72. The van der Waals surface area contributed by atoms with Crippen molar-refractivity contribution in [1.82, 2.24) is 14.9 Å². The first-order valence-corrected chi connectivity index (χ1v) is 10.5. The summed E-state index contributed by atoms with van der Waals surface area (Å²) in [6, 6.07) is 18.1. The number of benzene rings is 2. The third kappa shape index (κ3) is 4.51. The molecule has 1 saturated heterocycles. The number of piperidine rings is 1. The molecule has 0 unspecified atom stereocenters. The fraction of sp³-hybridized carbons (Fsp3) is 0.320. The summed E-state index contributed by atoms with van der Waals surface area (Å²) in [7, 11) is 1.67. The quantitative estimate of drug-likeness (QED) is 0.611. The highest BCUT2D eigenvalue weighted by atomic mass is 16.5. The molecule has 2 heterocycles. The van der Waals surface area contributed by atoms with E-state index in [-0.39, 0.29) is 11.8 Å². The van der Waals surface area contributed by atoms with E-state index in [1.165, 1.54) is 5.56 Å². The molecule has 5 heteroatoms. The highest BCUT2D eigenvalue weighted by Gasteiger charge is 2.28. The van der Waals surface area contributed by atoms with Crippen LogP contribution in [0.15, 0.2) is 67.0 Å². The maximum absolute atomic E-state index is 12.9. The molecule has 30 heavy (non-hydrogen) atoms. The van der Waals surface area contributed by atoms with E-state index >= 15 is 0 Å². The van der Waals surface area contributed by atoms with Gasteiger partial charge >= 0.3 is 0 Å². The van der Waals surface area contributed by atoms with E-state index in [1.54, 1.807) is 19.5 Å². The number of aryl methyl sites for hydroxylation is 1. The zero-order valence-corrected chi connectivity index (χ0v) is 17.3. The van der Waals surface area contributed by atoms with E-state index in [1.807, 2.05) is 47.4 Å². The van der Waals surface area contributed by atoms with Crippen molar-refractivity contribution in [3.63, 3.8) is 0 Å². The van der Waals surface area contributed by atoms with Gasteiger partial charge in [0.05, 0.1) is 18.5 Å². The van der Waals surface area contributed by atoms with E-state index in [0.717, 1.165) is 48.5 Å². The number of likely N-dealkylation sites (tertiary alicyclic amines) is 1. The Labute approximate surface area is 177 Å². The molecule has 0 aliphatic carbocycles. The van der Waals surface area contributed by atoms with Crippen LogP contribution in [-0.2, 0) is 11.2 Å². The normalized spacial score (nSPS) is 16.3. The number of ether oxygens (including phenoxy) is 1. The number of carbonyl (C=O) groups excluding carboxylic acids is 1. The Bertz CT molecular complexity index is 990. The SMILES string of the molecule is COc1ccccc1-c1nccnc1[C@H]1CCCN(C(=O)CCc2ccccc2)C1. The molecule has 1 aromatic heterocycles. The van der Waals surface area contributed by atoms with Gasteiger partial charge in [-0.3, -0.25) is 14.8 Å². The van der Waals surface area contributed by atoms with Gasteiger partial charge in [-0.15, -0.1) is 0 Å². The van der Waals surface area contributed by atoms with Gasteiger partial charge in [0.2, 0.25) is 5.91 Å². The first-order chi connectivity index (χ1) is 14.8. The van der Waals surface area contributed by atoms with Crippen molar-refractivity contribution in [1.29, 1.82) is 0 Å². The van der Waals surface area contributed by atoms with Gasteiger partial charge in [0, 0.05) is 43.4 Å². The maximum Gasteiger partial charge on any atom is 0.222 e. The van der Waals surface area contributed by atoms with Crippen LogP contribution in [0.25, 0.3) is 11.3 Å². The molecule has 1 fully saturated rings. The summed E-state index contributed by atoms with van der Waals surface area (Å²) in [5.41, 5.74) is 3.93. The Balaban J connectivity index is 1.50. The van der Waals surface area contributed by atoms with Crippen LogP contribution in [0, 0.1) is 0 Å². The van der Waals surface area contributed by atoms with E-state index in [4.69, 9.17) is 4.74 Å². The largest absolute Gasteiger partial charge is 0.496 e. The van der Waals surface area contributed by atoms with Crippen molar-refractivity contribution >= 4 is 5.91 Å². The number of nitrogens with zero attached hydrogens (tertiary/aromatic N) is 3. The lowest BCUT2D eigenvalue weighted by molar-refractivity contribution is -0.132. The summed E-state index contributed by atoms with van der Waals surface area (Å²) in [6.45, 7) is 1.50. The van der Waals surface area contributed by atoms with Crippen LogP contribution in [-0.4, -0.2) is 41.0 Å². The Morgan fingerprint density at radius 2 is 1.83 bits per heavy atom. The first-order valence-electron chi connectivity index (χ1n) is 10.5. The van der Waals surface area contributed by atoms with E-state index in [9.17, 15) is 4.79 Å². The zero-order valence-electron chi connectivity index (χ0n) is 17.3. The van der Waals surface area contributed by atoms with Crippen LogP contribution < -0.4 is 4.74 Å². The van der Waals surface area contributed by atoms with Gasteiger partial charge in [-0.1, -0.05) is 42.5 Å². The predicted octanol–water partition coefficient (Wildman–Crippen LogP) is 4.49. The lowest BCUT2D eigenvalue weighted by Gasteiger charge is -2.33. The maximum atomic E-state index is 12.9. The summed E-state index contributed by atoms with van der Waals surface area (Å²) in [6.07, 6.45) is 6.75. The summed E-state index contributed by atoms with van der Waals surface area (Å²) >= 11 is 0. The highest BCUT2D eigenvalue weighted by Crippen LogP contribution is 2.35. The molecule has 0 spiro atoms. The number of rotatable bonds is 6. The molecule has 0 bridgehead atoms. The van der Waals surface area contributed by atoms with Gasteiger partial charge in [-0.05, 0) is 37.0 Å². The monoisotopic (exact) mass is 401 g/mol. The molecule has 3 aromatic rings. The minimum atomic E-state index is 0.174. The molecular formula is C25H27N3O2. The average molecular weight is 402 g/mol. The number of carbonyl (C=O) groups is 1. The number of methoxy groups -OCH3 is 1. The lowest BCUT2D eigenvalue weighted by Crippen LogP contribution is -2.39. The van der Waals surface area contributed by atoms with Crippen molar-refractivity contribution in [2.45, 2.75) is 31.6 Å². The molecule has 1 amide bonds. The standard InChI is InChI=1S/C25H27N3O2/c1-30-22-12-6-5-11-21(22)25-24(26-15-16-27-25)20-10-7-17-28(18-20)23(29)14-13-19-8-3-2-4-9-19/h2-6,8-9,11-12,15-16,20H,7,10,13-14,17-18H2,1H3/t20-/m0/s1. The second kappa shape index (κ2) is 9.53. The summed E-state index contributed by atoms with van der Waals surface area (Å²) < 4.78 is 5.54. The van der Waals surface area contributed by atoms with Gasteiger partial charge in [0.1, 0.15) is 5.75 Å². The predicted molar refractivity (Wildman–Crippen MR) is 117 cm³/mol. The van der Waals surface area contributed by atoms with Gasteiger partial charge < -0.3 is 9.64 Å². The fourth-order valence-corrected chi connectivity index (χ4v) is 4.18. The van der Waals surface area contributed by atoms with Crippen LogP contribution in [0.5, 0.6) is 5.75 Å². The van der Waals surface area contributed by atoms with Crippen molar-refractivity contribution in [2.24, 2.45) is 0 Å². The Morgan fingerprint density at radius 1 is 1.07 bits per heavy atom. The Kier molecular flexibility index (Phi) is 6.38. The minimum absolute atomic E-state index is 0.174. The van der Waals surface area contributed by atoms with E-state index in [2.05, 4.69) is 22.1 Å². The zero-order chi connectivity index (χ0) is 20.8. The van der Waals surface area contributed by atoms with Gasteiger partial charge in [-0.25, -0.2) is 0 Å². The number of hydrogen-bond donors (Lipinski definition) is 0. The second-order valence-electron chi connectivity index (χ2n) is 7.65. The molecule has 0 saturated carbocycles. The molecule has 1 aliphatic heterocycles. The summed E-state index contributed by atoms with van der Waals surface area (Å²) in [5.74, 6) is 1.17. The van der Waals surface area contributed by atoms with Crippen LogP contribution in [0.2, 0.25) is 0 Å². The number of hydrogen-bond acceptors (Lipinski definition) is 4. The molecule has 5 nitrogen and oxygen atoms in total. The number of amides is 1.